The lowest BCUT2D eigenvalue weighted by Crippen LogP contribution is -2.38. The molecule has 0 amide bonds. The smallest absolute Gasteiger partial charge is 0.345 e. The second-order valence-electron chi connectivity index (χ2n) is 8.16. The third-order valence-corrected chi connectivity index (χ3v) is 6.53. The van der Waals surface area contributed by atoms with Gasteiger partial charge in [-0.15, -0.1) is 0 Å². The monoisotopic (exact) mass is 397 g/mol. The summed E-state index contributed by atoms with van der Waals surface area (Å²) in [4.78, 5) is 28.5. The number of H-pyrrole nitrogens is 1. The molecule has 1 saturated heterocycles. The summed E-state index contributed by atoms with van der Waals surface area (Å²) in [6.45, 7) is 3.80. The average molecular weight is 397 g/mol. The highest BCUT2D eigenvalue weighted by Gasteiger charge is 2.38. The molecule has 1 saturated carbocycles. The van der Waals surface area contributed by atoms with Crippen molar-refractivity contribution in [1.29, 1.82) is 0 Å². The average Bonchev–Trinajstić information content (AvgIpc) is 3.13. The molecule has 7 nitrogen and oxygen atoms in total. The number of rotatable bonds is 4. The lowest BCUT2D eigenvalue weighted by atomic mass is 9.78. The number of aromatic carboxylic acids is 1. The minimum Gasteiger partial charge on any atom is -0.506 e. The number of benzene rings is 1. The van der Waals surface area contributed by atoms with E-state index in [0.717, 1.165) is 30.8 Å². The second kappa shape index (κ2) is 7.55. The van der Waals surface area contributed by atoms with Crippen LogP contribution in [0.5, 0.6) is 5.75 Å². The van der Waals surface area contributed by atoms with Gasteiger partial charge >= 0.3 is 5.97 Å². The van der Waals surface area contributed by atoms with Crippen molar-refractivity contribution in [3.8, 4) is 17.0 Å². The first-order valence-electron chi connectivity index (χ1n) is 10.2. The predicted octanol–water partition coefficient (Wildman–Crippen LogP) is 2.57. The van der Waals surface area contributed by atoms with Gasteiger partial charge in [0.25, 0.3) is 5.56 Å². The number of nitrogens with one attached hydrogen (secondary N) is 1. The number of pyridine rings is 1. The van der Waals surface area contributed by atoms with Gasteiger partial charge in [-0.25, -0.2) is 4.79 Å². The van der Waals surface area contributed by atoms with Gasteiger partial charge in [0.15, 0.2) is 5.56 Å². The number of hydrogen-bond donors (Lipinski definition) is 4. The summed E-state index contributed by atoms with van der Waals surface area (Å²) in [7, 11) is 0. The molecular formula is C22H27N3O4. The first-order chi connectivity index (χ1) is 13.9. The number of carbonyl (C=O) groups is 1. The van der Waals surface area contributed by atoms with E-state index in [1.54, 1.807) is 0 Å². The number of nitrogens with two attached hydrogens (primary N) is 1. The summed E-state index contributed by atoms with van der Waals surface area (Å²) < 4.78 is 0. The Kier molecular flexibility index (Phi) is 5.08. The molecular weight excluding hydrogens is 370 g/mol. The van der Waals surface area contributed by atoms with Crippen LogP contribution in [0.25, 0.3) is 11.3 Å². The molecule has 0 bridgehead atoms. The third kappa shape index (κ3) is 3.40. The van der Waals surface area contributed by atoms with E-state index in [4.69, 9.17) is 5.73 Å². The van der Waals surface area contributed by atoms with Crippen molar-refractivity contribution in [2.45, 2.75) is 38.6 Å². The van der Waals surface area contributed by atoms with E-state index in [-0.39, 0.29) is 6.04 Å². The summed E-state index contributed by atoms with van der Waals surface area (Å²) in [6, 6.07) is 8.12. The number of fused-ring (bicyclic) bond motifs is 1. The van der Waals surface area contributed by atoms with E-state index in [1.807, 2.05) is 31.2 Å². The molecule has 1 aliphatic heterocycles. The maximum atomic E-state index is 12.2. The summed E-state index contributed by atoms with van der Waals surface area (Å²) in [5.41, 5.74) is 7.65. The summed E-state index contributed by atoms with van der Waals surface area (Å²) >= 11 is 0. The number of aromatic amines is 1. The van der Waals surface area contributed by atoms with Crippen LogP contribution in [0.4, 0.5) is 5.69 Å². The molecule has 1 aromatic carbocycles. The SMILES string of the molecule is CCc1c(-c2ccc(N3C[C@H]4CCC[C@@H](N)[C@H]4C3)cc2)[nH]c(=O)c(C(=O)O)c1O. The minimum absolute atomic E-state index is 0.283. The molecule has 0 radical (unpaired) electrons. The van der Waals surface area contributed by atoms with Crippen LogP contribution in [-0.2, 0) is 6.42 Å². The highest BCUT2D eigenvalue weighted by atomic mass is 16.4. The van der Waals surface area contributed by atoms with Gasteiger partial charge in [-0.05, 0) is 48.8 Å². The van der Waals surface area contributed by atoms with Gasteiger partial charge < -0.3 is 25.8 Å². The number of carboxylic acids is 1. The quantitative estimate of drug-likeness (QED) is 0.629. The molecule has 0 unspecified atom stereocenters. The Morgan fingerprint density at radius 3 is 2.59 bits per heavy atom. The van der Waals surface area contributed by atoms with Crippen LogP contribution in [0, 0.1) is 11.8 Å². The molecule has 2 aliphatic rings. The molecule has 154 valence electrons. The minimum atomic E-state index is -1.44. The lowest BCUT2D eigenvalue weighted by molar-refractivity contribution is 0.0691. The van der Waals surface area contributed by atoms with Gasteiger partial charge in [0.1, 0.15) is 5.75 Å². The molecule has 2 aromatic rings. The molecule has 29 heavy (non-hydrogen) atoms. The fourth-order valence-electron chi connectivity index (χ4n) is 4.98. The van der Waals surface area contributed by atoms with Crippen molar-refractivity contribution in [1.82, 2.24) is 4.98 Å². The zero-order valence-corrected chi connectivity index (χ0v) is 16.5. The Balaban J connectivity index is 1.64. The van der Waals surface area contributed by atoms with Crippen LogP contribution in [0.2, 0.25) is 0 Å². The van der Waals surface area contributed by atoms with Crippen LogP contribution in [0.3, 0.4) is 0 Å². The van der Waals surface area contributed by atoms with Crippen LogP contribution in [0.1, 0.15) is 42.1 Å². The molecule has 0 spiro atoms. The van der Waals surface area contributed by atoms with E-state index >= 15 is 0 Å². The fraction of sp³-hybridized carbons (Fsp3) is 0.455. The Morgan fingerprint density at radius 2 is 1.97 bits per heavy atom. The van der Waals surface area contributed by atoms with Crippen molar-refractivity contribution in [2.24, 2.45) is 17.6 Å². The van der Waals surface area contributed by atoms with E-state index < -0.39 is 22.8 Å². The van der Waals surface area contributed by atoms with E-state index in [9.17, 15) is 19.8 Å². The largest absolute Gasteiger partial charge is 0.506 e. The van der Waals surface area contributed by atoms with Crippen LogP contribution in [-0.4, -0.2) is 40.3 Å². The molecule has 4 rings (SSSR count). The zero-order valence-electron chi connectivity index (χ0n) is 16.5. The Hall–Kier alpha value is -2.80. The Labute approximate surface area is 169 Å². The number of carboxylic acid groups (broad SMARTS) is 1. The molecule has 5 N–H and O–H groups in total. The molecule has 7 heteroatoms. The summed E-state index contributed by atoms with van der Waals surface area (Å²) in [5.74, 6) is -0.691. The fourth-order valence-corrected chi connectivity index (χ4v) is 4.98. The maximum absolute atomic E-state index is 12.2. The predicted molar refractivity (Wildman–Crippen MR) is 112 cm³/mol. The summed E-state index contributed by atoms with van der Waals surface area (Å²) in [5, 5.41) is 19.5. The van der Waals surface area contributed by atoms with Crippen LogP contribution in [0.15, 0.2) is 29.1 Å². The van der Waals surface area contributed by atoms with Crippen molar-refractivity contribution in [3.63, 3.8) is 0 Å². The zero-order chi connectivity index (χ0) is 20.7. The first-order valence-corrected chi connectivity index (χ1v) is 10.2. The van der Waals surface area contributed by atoms with Gasteiger partial charge in [-0.3, -0.25) is 4.79 Å². The van der Waals surface area contributed by atoms with Crippen molar-refractivity contribution >= 4 is 11.7 Å². The molecule has 2 fully saturated rings. The van der Waals surface area contributed by atoms with Gasteiger partial charge in [-0.2, -0.15) is 0 Å². The third-order valence-electron chi connectivity index (χ3n) is 6.53. The number of hydrogen-bond acceptors (Lipinski definition) is 5. The maximum Gasteiger partial charge on any atom is 0.345 e. The van der Waals surface area contributed by atoms with Gasteiger partial charge in [-0.1, -0.05) is 25.5 Å². The summed E-state index contributed by atoms with van der Waals surface area (Å²) in [6.07, 6.45) is 3.95. The molecule has 2 heterocycles. The Morgan fingerprint density at radius 1 is 1.24 bits per heavy atom. The standard InChI is InChI=1S/C22H27N3O4/c1-2-15-19(24-21(27)18(20(15)26)22(28)29)12-6-8-14(9-7-12)25-10-13-4-3-5-17(23)16(13)11-25/h6-9,13,16-17H,2-5,10-11,23H2,1H3,(H,28,29)(H2,24,26,27)/t13-,16+,17-/m1/s1. The van der Waals surface area contributed by atoms with Crippen LogP contribution < -0.4 is 16.2 Å². The first kappa shape index (κ1) is 19.5. The topological polar surface area (TPSA) is 120 Å². The van der Waals surface area contributed by atoms with E-state index in [2.05, 4.69) is 9.88 Å². The van der Waals surface area contributed by atoms with Gasteiger partial charge in [0.2, 0.25) is 0 Å². The highest BCUT2D eigenvalue weighted by Crippen LogP contribution is 2.38. The molecule has 1 aromatic heterocycles. The molecule has 3 atom stereocenters. The van der Waals surface area contributed by atoms with Crippen molar-refractivity contribution in [2.75, 3.05) is 18.0 Å². The van der Waals surface area contributed by atoms with Crippen LogP contribution >= 0.6 is 0 Å². The van der Waals surface area contributed by atoms with E-state index in [1.165, 1.54) is 12.8 Å². The highest BCUT2D eigenvalue weighted by molar-refractivity contribution is 5.92. The molecule has 1 aliphatic carbocycles. The van der Waals surface area contributed by atoms with Gasteiger partial charge in [0.05, 0.1) is 5.69 Å². The van der Waals surface area contributed by atoms with E-state index in [0.29, 0.717) is 29.5 Å². The Bertz CT molecular complexity index is 983. The number of aromatic nitrogens is 1. The number of anilines is 1. The van der Waals surface area contributed by atoms with Crippen molar-refractivity contribution in [3.05, 3.63) is 45.7 Å². The van der Waals surface area contributed by atoms with Gasteiger partial charge in [0, 0.05) is 30.4 Å². The number of aromatic hydroxyl groups is 1. The van der Waals surface area contributed by atoms with Crippen molar-refractivity contribution < 1.29 is 15.0 Å². The normalized spacial score (nSPS) is 23.8. The second-order valence-corrected chi connectivity index (χ2v) is 8.16. The number of nitrogens with zero attached hydrogens (tertiary/aromatic N) is 1. The lowest BCUT2D eigenvalue weighted by Gasteiger charge is -2.29.